The molecule has 9 heteroatoms. The van der Waals surface area contributed by atoms with Gasteiger partial charge in [-0.25, -0.2) is 4.99 Å². The van der Waals surface area contributed by atoms with Gasteiger partial charge in [-0.3, -0.25) is 19.8 Å². The van der Waals surface area contributed by atoms with E-state index in [1.54, 1.807) is 36.9 Å². The topological polar surface area (TPSA) is 100 Å². The number of thioether (sulfide) groups is 1. The Balaban J connectivity index is 1.66. The van der Waals surface area contributed by atoms with Crippen molar-refractivity contribution in [3.05, 3.63) is 95.2 Å². The summed E-state index contributed by atoms with van der Waals surface area (Å²) >= 11 is 1.63. The number of nitrogens with one attached hydrogen (secondary N) is 2. The van der Waals surface area contributed by atoms with Gasteiger partial charge >= 0.3 is 0 Å². The molecule has 3 aromatic rings. The molecular formula is C28H26N4O4S. The van der Waals surface area contributed by atoms with Gasteiger partial charge in [-0.15, -0.1) is 11.8 Å². The minimum Gasteiger partial charge on any atom is -0.493 e. The number of benzene rings is 3. The van der Waals surface area contributed by atoms with Gasteiger partial charge in [0.15, 0.2) is 5.84 Å². The van der Waals surface area contributed by atoms with E-state index in [9.17, 15) is 14.4 Å². The third-order valence-corrected chi connectivity index (χ3v) is 6.11. The maximum atomic E-state index is 13.4. The van der Waals surface area contributed by atoms with Crippen molar-refractivity contribution in [2.24, 2.45) is 4.99 Å². The zero-order valence-corrected chi connectivity index (χ0v) is 21.5. The SMILES string of the molecule is CCOc1cc(NC(C)=O)ccc1C(=O)NN1C(=O)C(=Cc2ccc(SC)cc2)N=C1c1ccccc1. The molecule has 0 aliphatic carbocycles. The van der Waals surface area contributed by atoms with E-state index >= 15 is 0 Å². The average molecular weight is 515 g/mol. The lowest BCUT2D eigenvalue weighted by molar-refractivity contribution is -0.124. The van der Waals surface area contributed by atoms with Crippen molar-refractivity contribution in [2.45, 2.75) is 18.7 Å². The minimum atomic E-state index is -0.555. The van der Waals surface area contributed by atoms with Gasteiger partial charge in [0.25, 0.3) is 11.8 Å². The number of carbonyl (C=O) groups is 3. The number of hydrogen-bond acceptors (Lipinski definition) is 6. The summed E-state index contributed by atoms with van der Waals surface area (Å²) in [5.74, 6) is -0.678. The summed E-state index contributed by atoms with van der Waals surface area (Å²) in [6.45, 7) is 3.50. The molecule has 0 spiro atoms. The number of nitrogens with zero attached hydrogens (tertiary/aromatic N) is 2. The number of amides is 3. The number of anilines is 1. The second kappa shape index (κ2) is 11.6. The van der Waals surface area contributed by atoms with Crippen LogP contribution in [0.15, 0.2) is 88.4 Å². The van der Waals surface area contributed by atoms with E-state index in [0.29, 0.717) is 23.7 Å². The van der Waals surface area contributed by atoms with Crippen molar-refractivity contribution in [3.63, 3.8) is 0 Å². The van der Waals surface area contributed by atoms with E-state index in [-0.39, 0.29) is 22.9 Å². The summed E-state index contributed by atoms with van der Waals surface area (Å²) in [4.78, 5) is 43.9. The standard InChI is InChI=1S/C28H26N4O4S/c1-4-36-25-17-21(29-18(2)33)12-15-23(25)27(34)31-32-26(20-8-6-5-7-9-20)30-24(28(32)35)16-19-10-13-22(37-3)14-11-19/h5-17H,4H2,1-3H3,(H,29,33)(H,31,34). The predicted octanol–water partition coefficient (Wildman–Crippen LogP) is 4.74. The molecular weight excluding hydrogens is 488 g/mol. The summed E-state index contributed by atoms with van der Waals surface area (Å²) < 4.78 is 5.64. The monoisotopic (exact) mass is 514 g/mol. The molecule has 0 aromatic heterocycles. The van der Waals surface area contributed by atoms with Gasteiger partial charge < -0.3 is 10.1 Å². The van der Waals surface area contributed by atoms with Crippen molar-refractivity contribution in [1.29, 1.82) is 0 Å². The fourth-order valence-corrected chi connectivity index (χ4v) is 4.10. The van der Waals surface area contributed by atoms with Crippen LogP contribution in [0.3, 0.4) is 0 Å². The Morgan fingerprint density at radius 2 is 1.78 bits per heavy atom. The van der Waals surface area contributed by atoms with Crippen LogP contribution in [0.2, 0.25) is 0 Å². The van der Waals surface area contributed by atoms with Crippen molar-refractivity contribution < 1.29 is 19.1 Å². The summed E-state index contributed by atoms with van der Waals surface area (Å²) in [5, 5.41) is 3.82. The highest BCUT2D eigenvalue weighted by atomic mass is 32.2. The second-order valence-electron chi connectivity index (χ2n) is 8.01. The van der Waals surface area contributed by atoms with E-state index in [2.05, 4.69) is 15.7 Å². The van der Waals surface area contributed by atoms with Crippen molar-refractivity contribution in [3.8, 4) is 5.75 Å². The molecule has 1 aliphatic rings. The molecule has 0 fully saturated rings. The number of carbonyl (C=O) groups excluding carboxylic acids is 3. The van der Waals surface area contributed by atoms with E-state index in [1.807, 2.05) is 60.9 Å². The fraction of sp³-hybridized carbons (Fsp3) is 0.143. The second-order valence-corrected chi connectivity index (χ2v) is 8.89. The molecule has 0 saturated heterocycles. The molecule has 0 radical (unpaired) electrons. The average Bonchev–Trinajstić information content (AvgIpc) is 3.19. The van der Waals surface area contributed by atoms with E-state index in [0.717, 1.165) is 15.5 Å². The highest BCUT2D eigenvalue weighted by molar-refractivity contribution is 7.98. The molecule has 1 aliphatic heterocycles. The fourth-order valence-electron chi connectivity index (χ4n) is 3.69. The highest BCUT2D eigenvalue weighted by Gasteiger charge is 2.33. The lowest BCUT2D eigenvalue weighted by Crippen LogP contribution is -2.47. The van der Waals surface area contributed by atoms with Crippen LogP contribution in [0, 0.1) is 0 Å². The van der Waals surface area contributed by atoms with Crippen LogP contribution in [-0.4, -0.2) is 41.4 Å². The minimum absolute atomic E-state index is 0.196. The number of amidine groups is 1. The molecule has 3 aromatic carbocycles. The highest BCUT2D eigenvalue weighted by Crippen LogP contribution is 2.26. The van der Waals surface area contributed by atoms with E-state index < -0.39 is 11.8 Å². The molecule has 2 N–H and O–H groups in total. The summed E-state index contributed by atoms with van der Waals surface area (Å²) in [6, 6.07) is 21.6. The van der Waals surface area contributed by atoms with E-state index in [4.69, 9.17) is 4.74 Å². The van der Waals surface area contributed by atoms with Crippen LogP contribution in [0.1, 0.15) is 35.3 Å². The van der Waals surface area contributed by atoms with Crippen LogP contribution in [0.5, 0.6) is 5.75 Å². The first-order chi connectivity index (χ1) is 17.9. The number of rotatable bonds is 8. The Morgan fingerprint density at radius 1 is 1.05 bits per heavy atom. The molecule has 0 atom stereocenters. The van der Waals surface area contributed by atoms with Crippen LogP contribution >= 0.6 is 11.8 Å². The normalized spacial score (nSPS) is 13.9. The van der Waals surface area contributed by atoms with Crippen molar-refractivity contribution >= 4 is 47.1 Å². The largest absolute Gasteiger partial charge is 0.493 e. The Kier molecular flexibility index (Phi) is 8.05. The first-order valence-electron chi connectivity index (χ1n) is 11.6. The molecule has 0 unspecified atom stereocenters. The first kappa shape index (κ1) is 25.7. The van der Waals surface area contributed by atoms with Gasteiger partial charge in [-0.1, -0.05) is 42.5 Å². The molecule has 3 amide bonds. The Bertz CT molecular complexity index is 1390. The molecule has 37 heavy (non-hydrogen) atoms. The Hall–Kier alpha value is -4.37. The van der Waals surface area contributed by atoms with Crippen molar-refractivity contribution in [1.82, 2.24) is 10.4 Å². The zero-order valence-electron chi connectivity index (χ0n) is 20.6. The molecule has 4 rings (SSSR count). The molecule has 8 nitrogen and oxygen atoms in total. The quantitative estimate of drug-likeness (QED) is 0.334. The van der Waals surface area contributed by atoms with Crippen LogP contribution in [0.25, 0.3) is 6.08 Å². The van der Waals surface area contributed by atoms with Gasteiger partial charge in [0.2, 0.25) is 5.91 Å². The van der Waals surface area contributed by atoms with Crippen LogP contribution in [0.4, 0.5) is 5.69 Å². The smallest absolute Gasteiger partial charge is 0.297 e. The maximum absolute atomic E-state index is 13.4. The molecule has 0 bridgehead atoms. The maximum Gasteiger partial charge on any atom is 0.297 e. The van der Waals surface area contributed by atoms with Crippen LogP contribution in [-0.2, 0) is 9.59 Å². The summed E-state index contributed by atoms with van der Waals surface area (Å²) in [6.07, 6.45) is 3.69. The first-order valence-corrected chi connectivity index (χ1v) is 12.8. The summed E-state index contributed by atoms with van der Waals surface area (Å²) in [5.41, 5.74) is 5.08. The molecule has 188 valence electrons. The van der Waals surface area contributed by atoms with Gasteiger partial charge in [0, 0.05) is 29.1 Å². The third kappa shape index (κ3) is 6.07. The van der Waals surface area contributed by atoms with Gasteiger partial charge in [-0.05, 0) is 49.1 Å². The lowest BCUT2D eigenvalue weighted by Gasteiger charge is -2.20. The number of hydrazine groups is 1. The number of hydrogen-bond donors (Lipinski definition) is 2. The molecule has 0 saturated carbocycles. The van der Waals surface area contributed by atoms with Gasteiger partial charge in [0.1, 0.15) is 11.4 Å². The summed E-state index contributed by atoms with van der Waals surface area (Å²) in [7, 11) is 0. The third-order valence-electron chi connectivity index (χ3n) is 5.37. The predicted molar refractivity (Wildman–Crippen MR) is 145 cm³/mol. The Morgan fingerprint density at radius 3 is 2.43 bits per heavy atom. The van der Waals surface area contributed by atoms with Gasteiger partial charge in [0.05, 0.1) is 12.2 Å². The van der Waals surface area contributed by atoms with Gasteiger partial charge in [-0.2, -0.15) is 5.01 Å². The van der Waals surface area contributed by atoms with Crippen molar-refractivity contribution in [2.75, 3.05) is 18.2 Å². The molecule has 1 heterocycles. The zero-order chi connectivity index (χ0) is 26.4. The number of aliphatic imine (C=N–C) groups is 1. The Labute approximate surface area is 219 Å². The lowest BCUT2D eigenvalue weighted by atomic mass is 10.1. The van der Waals surface area contributed by atoms with Crippen LogP contribution < -0.4 is 15.5 Å². The van der Waals surface area contributed by atoms with E-state index in [1.165, 1.54) is 13.0 Å². The number of ether oxygens (including phenoxy) is 1.